The lowest BCUT2D eigenvalue weighted by Crippen LogP contribution is -2.28. The van der Waals surface area contributed by atoms with Crippen LogP contribution >= 0.6 is 7.82 Å². The van der Waals surface area contributed by atoms with Crippen molar-refractivity contribution in [2.75, 3.05) is 33.0 Å². The minimum Gasteiger partial charge on any atom is -0.457 e. The van der Waals surface area contributed by atoms with Gasteiger partial charge in [0.05, 0.1) is 19.8 Å². The summed E-state index contributed by atoms with van der Waals surface area (Å²) in [5.74, 6) is -0.329. The number of phosphoric acid groups is 1. The van der Waals surface area contributed by atoms with Crippen LogP contribution in [0.3, 0.4) is 0 Å². The van der Waals surface area contributed by atoms with E-state index in [1.165, 1.54) is 161 Å². The molecule has 0 aliphatic heterocycles. The van der Waals surface area contributed by atoms with Crippen LogP contribution in [0.15, 0.2) is 12.2 Å². The average Bonchev–Trinajstić information content (AvgIpc) is 3.12. The molecule has 0 aliphatic rings. The van der Waals surface area contributed by atoms with Crippen LogP contribution in [0.1, 0.15) is 213 Å². The highest BCUT2D eigenvalue weighted by Gasteiger charge is 2.25. The summed E-state index contributed by atoms with van der Waals surface area (Å²) in [7, 11) is -4.27. The zero-order valence-electron chi connectivity index (χ0n) is 33.6. The summed E-state index contributed by atoms with van der Waals surface area (Å²) in [6.45, 7) is 4.95. The zero-order chi connectivity index (χ0) is 37.4. The normalized spacial score (nSPS) is 13.6. The highest BCUT2D eigenvalue weighted by molar-refractivity contribution is 7.47. The predicted octanol–water partition coefficient (Wildman–Crippen LogP) is 12.7. The van der Waals surface area contributed by atoms with Gasteiger partial charge in [-0.3, -0.25) is 13.8 Å². The van der Waals surface area contributed by atoms with Gasteiger partial charge in [-0.05, 0) is 38.5 Å². The number of ether oxygens (including phenoxy) is 2. The van der Waals surface area contributed by atoms with Crippen molar-refractivity contribution in [3.8, 4) is 0 Å². The molecule has 51 heavy (non-hydrogen) atoms. The molecule has 0 rings (SSSR count). The van der Waals surface area contributed by atoms with Crippen molar-refractivity contribution in [3.05, 3.63) is 12.2 Å². The predicted molar refractivity (Wildman–Crippen MR) is 215 cm³/mol. The maximum absolute atomic E-state index is 12.6. The Morgan fingerprint density at radius 1 is 0.569 bits per heavy atom. The molecule has 0 saturated heterocycles. The van der Waals surface area contributed by atoms with E-state index in [9.17, 15) is 14.3 Å². The first-order valence-corrected chi connectivity index (χ1v) is 23.2. The maximum atomic E-state index is 12.6. The van der Waals surface area contributed by atoms with E-state index < -0.39 is 13.9 Å². The van der Waals surface area contributed by atoms with E-state index in [0.717, 1.165) is 32.1 Å². The third kappa shape index (κ3) is 40.3. The fourth-order valence-corrected chi connectivity index (χ4v) is 6.99. The summed E-state index contributed by atoms with van der Waals surface area (Å²) < 4.78 is 33.4. The fourth-order valence-electron chi connectivity index (χ4n) is 6.23. The molecular weight excluding hydrogens is 661 g/mol. The summed E-state index contributed by atoms with van der Waals surface area (Å²) >= 11 is 0. The Bertz CT molecular complexity index is 797. The molecule has 0 amide bonds. The topological polar surface area (TPSA) is 117 Å². The van der Waals surface area contributed by atoms with Gasteiger partial charge in [0.2, 0.25) is 0 Å². The first kappa shape index (κ1) is 50.2. The summed E-state index contributed by atoms with van der Waals surface area (Å²) in [6.07, 6.45) is 42.3. The maximum Gasteiger partial charge on any atom is 0.472 e. The van der Waals surface area contributed by atoms with Gasteiger partial charge in [-0.1, -0.05) is 180 Å². The standard InChI is InChI=1S/C42H84NO7P/c1-3-5-7-9-11-13-15-16-17-18-19-20-21-22-23-24-25-27-29-31-33-35-42(44)50-41(40-49-51(45,46)48-38-36-43)39-47-37-34-32-30-28-26-14-12-10-8-6-4-2/h18-19,41H,3-17,20-40,43H2,1-2H3,(H,45,46)/b19-18-. The van der Waals surface area contributed by atoms with Crippen molar-refractivity contribution in [1.29, 1.82) is 0 Å². The van der Waals surface area contributed by atoms with Crippen LogP contribution in [-0.2, 0) is 27.9 Å². The number of phosphoric ester groups is 1. The van der Waals surface area contributed by atoms with E-state index in [4.69, 9.17) is 24.3 Å². The highest BCUT2D eigenvalue weighted by atomic mass is 31.2. The zero-order valence-corrected chi connectivity index (χ0v) is 34.5. The van der Waals surface area contributed by atoms with Crippen LogP contribution < -0.4 is 5.73 Å². The van der Waals surface area contributed by atoms with E-state index in [0.29, 0.717) is 13.0 Å². The van der Waals surface area contributed by atoms with Gasteiger partial charge >= 0.3 is 13.8 Å². The monoisotopic (exact) mass is 746 g/mol. The largest absolute Gasteiger partial charge is 0.472 e. The molecule has 0 fully saturated rings. The number of esters is 1. The van der Waals surface area contributed by atoms with Crippen molar-refractivity contribution >= 4 is 13.8 Å². The molecule has 0 aromatic heterocycles. The summed E-state index contributed by atoms with van der Waals surface area (Å²) in [6, 6.07) is 0. The minimum atomic E-state index is -4.27. The van der Waals surface area contributed by atoms with Crippen LogP contribution in [-0.4, -0.2) is 49.9 Å². The Labute approximate surface area is 315 Å². The number of nitrogens with two attached hydrogens (primary N) is 1. The number of hydrogen-bond acceptors (Lipinski definition) is 7. The van der Waals surface area contributed by atoms with Crippen molar-refractivity contribution in [2.45, 2.75) is 219 Å². The summed E-state index contributed by atoms with van der Waals surface area (Å²) in [4.78, 5) is 22.4. The molecule has 304 valence electrons. The Hall–Kier alpha value is -0.760. The molecule has 0 radical (unpaired) electrons. The van der Waals surface area contributed by atoms with Gasteiger partial charge < -0.3 is 20.1 Å². The second-order valence-corrected chi connectivity index (χ2v) is 16.0. The molecule has 0 bridgehead atoms. The van der Waals surface area contributed by atoms with E-state index in [2.05, 4.69) is 26.0 Å². The molecule has 2 atom stereocenters. The second-order valence-electron chi connectivity index (χ2n) is 14.6. The summed E-state index contributed by atoms with van der Waals surface area (Å²) in [5, 5.41) is 0. The Balaban J connectivity index is 3.94. The van der Waals surface area contributed by atoms with E-state index in [1.807, 2.05) is 0 Å². The third-order valence-electron chi connectivity index (χ3n) is 9.43. The van der Waals surface area contributed by atoms with Crippen molar-refractivity contribution in [3.63, 3.8) is 0 Å². The number of allylic oxidation sites excluding steroid dienone is 2. The van der Waals surface area contributed by atoms with Crippen molar-refractivity contribution in [1.82, 2.24) is 0 Å². The molecule has 8 nitrogen and oxygen atoms in total. The molecule has 2 unspecified atom stereocenters. The van der Waals surface area contributed by atoms with Gasteiger partial charge in [-0.15, -0.1) is 0 Å². The quantitative estimate of drug-likeness (QED) is 0.0274. The summed E-state index contributed by atoms with van der Waals surface area (Å²) in [5.41, 5.74) is 5.36. The molecule has 0 heterocycles. The first-order chi connectivity index (χ1) is 24.9. The highest BCUT2D eigenvalue weighted by Crippen LogP contribution is 2.43. The minimum absolute atomic E-state index is 0.0926. The van der Waals surface area contributed by atoms with Gasteiger partial charge in [0.1, 0.15) is 6.10 Å². The van der Waals surface area contributed by atoms with Gasteiger partial charge in [0.15, 0.2) is 0 Å². The second kappa shape index (κ2) is 40.4. The average molecular weight is 746 g/mol. The van der Waals surface area contributed by atoms with Gasteiger partial charge in [-0.2, -0.15) is 0 Å². The molecule has 0 saturated carbocycles. The van der Waals surface area contributed by atoms with Crippen molar-refractivity contribution < 1.29 is 32.8 Å². The fraction of sp³-hybridized carbons (Fsp3) is 0.929. The lowest BCUT2D eigenvalue weighted by atomic mass is 10.1. The van der Waals surface area contributed by atoms with E-state index >= 15 is 0 Å². The van der Waals surface area contributed by atoms with Crippen LogP contribution in [0.5, 0.6) is 0 Å². The van der Waals surface area contributed by atoms with Gasteiger partial charge in [0.25, 0.3) is 0 Å². The van der Waals surface area contributed by atoms with E-state index in [-0.39, 0.29) is 32.3 Å². The van der Waals surface area contributed by atoms with E-state index in [1.54, 1.807) is 0 Å². The molecule has 3 N–H and O–H groups in total. The van der Waals surface area contributed by atoms with Gasteiger partial charge in [0, 0.05) is 19.6 Å². The Morgan fingerprint density at radius 3 is 1.43 bits per heavy atom. The van der Waals surface area contributed by atoms with Crippen LogP contribution in [0.2, 0.25) is 0 Å². The number of carbonyl (C=O) groups excluding carboxylic acids is 1. The lowest BCUT2D eigenvalue weighted by molar-refractivity contribution is -0.154. The molecular formula is C42H84NO7P. The van der Waals surface area contributed by atoms with Crippen LogP contribution in [0.25, 0.3) is 0 Å². The molecule has 0 aliphatic carbocycles. The van der Waals surface area contributed by atoms with Crippen LogP contribution in [0, 0.1) is 0 Å². The molecule has 0 spiro atoms. The Kier molecular flexibility index (Phi) is 39.8. The number of hydrogen-bond donors (Lipinski definition) is 2. The van der Waals surface area contributed by atoms with Gasteiger partial charge in [-0.25, -0.2) is 4.57 Å². The molecule has 0 aromatic carbocycles. The third-order valence-corrected chi connectivity index (χ3v) is 10.4. The first-order valence-electron chi connectivity index (χ1n) is 21.7. The number of rotatable bonds is 42. The van der Waals surface area contributed by atoms with Crippen LogP contribution in [0.4, 0.5) is 0 Å². The number of carbonyl (C=O) groups is 1. The molecule has 9 heteroatoms. The molecule has 0 aromatic rings. The number of unbranched alkanes of at least 4 members (excludes halogenated alkanes) is 27. The smallest absolute Gasteiger partial charge is 0.457 e. The SMILES string of the molecule is CCCCCCCCCC/C=C\CCCCCCCCCCCC(=O)OC(COCCCCCCCCCCCCC)COP(=O)(O)OCCN. The lowest BCUT2D eigenvalue weighted by Gasteiger charge is -2.20. The Morgan fingerprint density at radius 2 is 0.980 bits per heavy atom. The van der Waals surface area contributed by atoms with Crippen molar-refractivity contribution in [2.24, 2.45) is 5.73 Å².